The van der Waals surface area contributed by atoms with E-state index >= 15 is 0 Å². The van der Waals surface area contributed by atoms with E-state index in [4.69, 9.17) is 5.11 Å². The van der Waals surface area contributed by atoms with Gasteiger partial charge in [0, 0.05) is 19.5 Å². The number of nitrogens with zero attached hydrogens (tertiary/aromatic N) is 1. The number of carbonyl (C=O) groups excluding carboxylic acids is 1. The van der Waals surface area contributed by atoms with Crippen molar-refractivity contribution >= 4 is 11.9 Å². The van der Waals surface area contributed by atoms with Gasteiger partial charge in [0.1, 0.15) is 0 Å². The van der Waals surface area contributed by atoms with Gasteiger partial charge in [-0.1, -0.05) is 129 Å². The van der Waals surface area contributed by atoms with Crippen LogP contribution in [0.5, 0.6) is 0 Å². The summed E-state index contributed by atoms with van der Waals surface area (Å²) in [4.78, 5) is 25.3. The lowest BCUT2D eigenvalue weighted by Gasteiger charge is -2.22. The van der Waals surface area contributed by atoms with Gasteiger partial charge in [0.25, 0.3) is 0 Å². The van der Waals surface area contributed by atoms with E-state index in [-0.39, 0.29) is 18.7 Å². The third-order valence-corrected chi connectivity index (χ3v) is 6.47. The molecule has 0 unspecified atom stereocenters. The van der Waals surface area contributed by atoms with Crippen LogP contribution in [0, 0.1) is 0 Å². The Morgan fingerprint density at radius 2 is 0.812 bits per heavy atom. The molecule has 0 saturated carbocycles. The molecule has 0 aromatic heterocycles. The van der Waals surface area contributed by atoms with Gasteiger partial charge in [0.2, 0.25) is 5.91 Å². The molecule has 0 fully saturated rings. The number of carbonyl (C=O) groups is 2. The van der Waals surface area contributed by atoms with Crippen molar-refractivity contribution in [2.45, 2.75) is 155 Å². The predicted octanol–water partition coefficient (Wildman–Crippen LogP) is 8.52. The summed E-state index contributed by atoms with van der Waals surface area (Å²) in [6, 6.07) is 0. The number of amides is 1. The molecule has 0 atom stereocenters. The summed E-state index contributed by atoms with van der Waals surface area (Å²) in [5.41, 5.74) is 0. The van der Waals surface area contributed by atoms with Crippen molar-refractivity contribution in [3.05, 3.63) is 0 Å². The van der Waals surface area contributed by atoms with Gasteiger partial charge in [-0.15, -0.1) is 0 Å². The van der Waals surface area contributed by atoms with Gasteiger partial charge >= 0.3 is 5.97 Å². The number of unbranched alkanes of at least 4 members (excludes halogenated alkanes) is 18. The Bertz CT molecular complexity index is 401. The SMILES string of the molecule is CCCCCCCCCCCCN(CCCCCCCCCCCC)C(=O)CCC(=O)O. The first-order valence-electron chi connectivity index (χ1n) is 14.1. The van der Waals surface area contributed by atoms with Crippen LogP contribution in [0.25, 0.3) is 0 Å². The zero-order chi connectivity index (χ0) is 23.7. The molecular weight excluding hydrogens is 398 g/mol. The van der Waals surface area contributed by atoms with Crippen molar-refractivity contribution < 1.29 is 14.7 Å². The molecule has 32 heavy (non-hydrogen) atoms. The van der Waals surface area contributed by atoms with E-state index in [0.717, 1.165) is 25.9 Å². The fourth-order valence-corrected chi connectivity index (χ4v) is 4.31. The van der Waals surface area contributed by atoms with Crippen LogP contribution in [0.2, 0.25) is 0 Å². The largest absolute Gasteiger partial charge is 0.481 e. The van der Waals surface area contributed by atoms with Crippen molar-refractivity contribution in [1.82, 2.24) is 4.90 Å². The van der Waals surface area contributed by atoms with Crippen molar-refractivity contribution in [2.24, 2.45) is 0 Å². The average Bonchev–Trinajstić information content (AvgIpc) is 2.78. The van der Waals surface area contributed by atoms with Gasteiger partial charge in [-0.2, -0.15) is 0 Å². The number of hydrogen-bond donors (Lipinski definition) is 1. The second kappa shape index (κ2) is 24.6. The zero-order valence-electron chi connectivity index (χ0n) is 21.7. The number of rotatable bonds is 25. The third kappa shape index (κ3) is 22.1. The summed E-state index contributed by atoms with van der Waals surface area (Å²) in [7, 11) is 0. The maximum Gasteiger partial charge on any atom is 0.303 e. The molecule has 0 heterocycles. The molecule has 0 aliphatic carbocycles. The summed E-state index contributed by atoms with van der Waals surface area (Å²) >= 11 is 0. The van der Waals surface area contributed by atoms with Gasteiger partial charge in [-0.3, -0.25) is 9.59 Å². The van der Waals surface area contributed by atoms with Crippen LogP contribution >= 0.6 is 0 Å². The average molecular weight is 454 g/mol. The summed E-state index contributed by atoms with van der Waals surface area (Å²) in [5.74, 6) is -0.851. The third-order valence-electron chi connectivity index (χ3n) is 6.47. The number of hydrogen-bond acceptors (Lipinski definition) is 2. The Morgan fingerprint density at radius 1 is 0.500 bits per heavy atom. The lowest BCUT2D eigenvalue weighted by Crippen LogP contribution is -2.33. The minimum Gasteiger partial charge on any atom is -0.481 e. The van der Waals surface area contributed by atoms with E-state index in [1.807, 2.05) is 4.90 Å². The van der Waals surface area contributed by atoms with E-state index in [1.54, 1.807) is 0 Å². The topological polar surface area (TPSA) is 57.6 Å². The highest BCUT2D eigenvalue weighted by atomic mass is 16.4. The minimum atomic E-state index is -0.879. The first-order valence-corrected chi connectivity index (χ1v) is 14.1. The highest BCUT2D eigenvalue weighted by Crippen LogP contribution is 2.13. The first-order chi connectivity index (χ1) is 15.6. The van der Waals surface area contributed by atoms with Gasteiger partial charge in [0.05, 0.1) is 6.42 Å². The Labute approximate surface area is 199 Å². The second-order valence-corrected chi connectivity index (χ2v) is 9.64. The Hall–Kier alpha value is -1.06. The van der Waals surface area contributed by atoms with Gasteiger partial charge in [-0.25, -0.2) is 0 Å². The highest BCUT2D eigenvalue weighted by molar-refractivity contribution is 5.80. The molecule has 0 aromatic rings. The zero-order valence-corrected chi connectivity index (χ0v) is 21.7. The molecule has 4 heteroatoms. The minimum absolute atomic E-state index is 0.0271. The van der Waals surface area contributed by atoms with Gasteiger partial charge in [0.15, 0.2) is 0 Å². The van der Waals surface area contributed by atoms with Crippen molar-refractivity contribution in [1.29, 1.82) is 0 Å². The molecule has 1 N–H and O–H groups in total. The fourth-order valence-electron chi connectivity index (χ4n) is 4.31. The van der Waals surface area contributed by atoms with Crippen LogP contribution in [0.1, 0.15) is 155 Å². The molecule has 0 aromatic carbocycles. The molecule has 0 spiro atoms. The summed E-state index contributed by atoms with van der Waals surface area (Å²) in [5, 5.41) is 8.90. The maximum absolute atomic E-state index is 12.5. The molecule has 0 radical (unpaired) electrons. The van der Waals surface area contributed by atoms with Crippen LogP contribution in [0.15, 0.2) is 0 Å². The Morgan fingerprint density at radius 3 is 1.12 bits per heavy atom. The summed E-state index contributed by atoms with van der Waals surface area (Å²) in [6.45, 7) is 6.11. The van der Waals surface area contributed by atoms with E-state index in [9.17, 15) is 9.59 Å². The van der Waals surface area contributed by atoms with Crippen LogP contribution in [-0.4, -0.2) is 35.0 Å². The molecule has 4 nitrogen and oxygen atoms in total. The van der Waals surface area contributed by atoms with Gasteiger partial charge in [-0.05, 0) is 12.8 Å². The lowest BCUT2D eigenvalue weighted by molar-refractivity contribution is -0.141. The first kappa shape index (κ1) is 30.9. The maximum atomic E-state index is 12.5. The molecular formula is C28H55NO3. The Balaban J connectivity index is 3.91. The smallest absolute Gasteiger partial charge is 0.303 e. The Kier molecular flexibility index (Phi) is 23.8. The second-order valence-electron chi connectivity index (χ2n) is 9.64. The van der Waals surface area contributed by atoms with E-state index in [1.165, 1.54) is 116 Å². The molecule has 0 rings (SSSR count). The highest BCUT2D eigenvalue weighted by Gasteiger charge is 2.14. The molecule has 0 saturated heterocycles. The number of aliphatic carboxylic acids is 1. The molecule has 0 bridgehead atoms. The predicted molar refractivity (Wildman–Crippen MR) is 137 cm³/mol. The van der Waals surface area contributed by atoms with E-state index in [0.29, 0.717) is 0 Å². The fraction of sp³-hybridized carbons (Fsp3) is 0.929. The van der Waals surface area contributed by atoms with Crippen molar-refractivity contribution in [2.75, 3.05) is 13.1 Å². The van der Waals surface area contributed by atoms with Gasteiger partial charge < -0.3 is 10.0 Å². The summed E-state index contributed by atoms with van der Waals surface area (Å²) < 4.78 is 0. The molecule has 0 aliphatic heterocycles. The quantitative estimate of drug-likeness (QED) is 0.141. The van der Waals surface area contributed by atoms with E-state index in [2.05, 4.69) is 13.8 Å². The standard InChI is InChI=1S/C28H55NO3/c1-3-5-7-9-11-13-15-17-19-21-25-29(27(30)23-24-28(31)32)26-22-20-18-16-14-12-10-8-6-4-2/h3-26H2,1-2H3,(H,31,32). The van der Waals surface area contributed by atoms with Crippen molar-refractivity contribution in [3.63, 3.8) is 0 Å². The molecule has 190 valence electrons. The lowest BCUT2D eigenvalue weighted by atomic mass is 10.1. The number of carboxylic acid groups (broad SMARTS) is 1. The van der Waals surface area contributed by atoms with Crippen LogP contribution in [0.4, 0.5) is 0 Å². The van der Waals surface area contributed by atoms with Crippen LogP contribution < -0.4 is 0 Å². The number of carboxylic acids is 1. The van der Waals surface area contributed by atoms with E-state index < -0.39 is 5.97 Å². The van der Waals surface area contributed by atoms with Crippen LogP contribution in [0.3, 0.4) is 0 Å². The monoisotopic (exact) mass is 453 g/mol. The molecule has 1 amide bonds. The normalized spacial score (nSPS) is 11.1. The van der Waals surface area contributed by atoms with Crippen LogP contribution in [-0.2, 0) is 9.59 Å². The summed E-state index contributed by atoms with van der Waals surface area (Å²) in [6.07, 6.45) is 25.9. The molecule has 0 aliphatic rings. The van der Waals surface area contributed by atoms with Crippen molar-refractivity contribution in [3.8, 4) is 0 Å².